The van der Waals surface area contributed by atoms with Gasteiger partial charge >= 0.3 is 0 Å². The van der Waals surface area contributed by atoms with E-state index >= 15 is 0 Å². The molecule has 0 bridgehead atoms. The Bertz CT molecular complexity index is 698. The van der Waals surface area contributed by atoms with Crippen LogP contribution in [0.3, 0.4) is 0 Å². The van der Waals surface area contributed by atoms with Gasteiger partial charge in [0.1, 0.15) is 18.5 Å². The summed E-state index contributed by atoms with van der Waals surface area (Å²) >= 11 is 0. The number of ether oxygens (including phenoxy) is 1. The van der Waals surface area contributed by atoms with Crippen molar-refractivity contribution in [2.75, 3.05) is 13.2 Å². The standard InChI is InChI=1S/C22H27NO2/c1-2-7-18-9-5-6-11-22(18)25-16-21(24)15-23-20-13-12-17-8-3-4-10-19(17)14-20/h2-6,8-11,20-21,23-24H,1,7,12-16H2. The van der Waals surface area contributed by atoms with Gasteiger partial charge in [0.2, 0.25) is 0 Å². The first-order valence-corrected chi connectivity index (χ1v) is 9.06. The van der Waals surface area contributed by atoms with E-state index in [-0.39, 0.29) is 0 Å². The fraction of sp³-hybridized carbons (Fsp3) is 0.364. The van der Waals surface area contributed by atoms with E-state index in [0.717, 1.165) is 37.0 Å². The molecule has 0 saturated carbocycles. The van der Waals surface area contributed by atoms with Crippen LogP contribution in [0.2, 0.25) is 0 Å². The molecule has 0 saturated heterocycles. The number of hydrogen-bond acceptors (Lipinski definition) is 3. The predicted octanol–water partition coefficient (Wildman–Crippen LogP) is 3.30. The molecule has 0 heterocycles. The van der Waals surface area contributed by atoms with Gasteiger partial charge in [-0.3, -0.25) is 0 Å². The predicted molar refractivity (Wildman–Crippen MR) is 102 cm³/mol. The van der Waals surface area contributed by atoms with Crippen LogP contribution in [-0.4, -0.2) is 30.4 Å². The van der Waals surface area contributed by atoms with Crippen molar-refractivity contribution in [3.05, 3.63) is 77.9 Å². The zero-order valence-corrected chi connectivity index (χ0v) is 14.7. The second-order valence-electron chi connectivity index (χ2n) is 6.68. The molecule has 3 rings (SSSR count). The van der Waals surface area contributed by atoms with E-state index in [9.17, 15) is 5.11 Å². The molecule has 3 nitrogen and oxygen atoms in total. The molecule has 25 heavy (non-hydrogen) atoms. The summed E-state index contributed by atoms with van der Waals surface area (Å²) in [6, 6.07) is 17.0. The van der Waals surface area contributed by atoms with Crippen molar-refractivity contribution < 1.29 is 9.84 Å². The van der Waals surface area contributed by atoms with Crippen LogP contribution in [0, 0.1) is 0 Å². The quantitative estimate of drug-likeness (QED) is 0.726. The Kier molecular flexibility index (Phi) is 6.26. The molecule has 0 aliphatic heterocycles. The molecule has 0 fully saturated rings. The van der Waals surface area contributed by atoms with Crippen LogP contribution in [0.5, 0.6) is 5.75 Å². The van der Waals surface area contributed by atoms with Gasteiger partial charge in [0, 0.05) is 12.6 Å². The highest BCUT2D eigenvalue weighted by atomic mass is 16.5. The summed E-state index contributed by atoms with van der Waals surface area (Å²) in [7, 11) is 0. The van der Waals surface area contributed by atoms with Crippen LogP contribution in [0.15, 0.2) is 61.2 Å². The minimum absolute atomic E-state index is 0.296. The molecule has 132 valence electrons. The number of nitrogens with one attached hydrogen (secondary N) is 1. The van der Waals surface area contributed by atoms with Gasteiger partial charge < -0.3 is 15.2 Å². The van der Waals surface area contributed by atoms with E-state index in [1.807, 2.05) is 30.3 Å². The molecule has 0 aromatic heterocycles. The molecule has 1 aliphatic carbocycles. The van der Waals surface area contributed by atoms with Gasteiger partial charge in [-0.1, -0.05) is 48.5 Å². The second-order valence-corrected chi connectivity index (χ2v) is 6.68. The Hall–Kier alpha value is -2.10. The molecule has 1 aliphatic rings. The number of aliphatic hydroxyl groups excluding tert-OH is 1. The summed E-state index contributed by atoms with van der Waals surface area (Å²) in [6.07, 6.45) is 5.37. The third-order valence-corrected chi connectivity index (χ3v) is 4.76. The van der Waals surface area contributed by atoms with Gasteiger partial charge in [-0.05, 0) is 48.4 Å². The lowest BCUT2D eigenvalue weighted by Crippen LogP contribution is -2.40. The normalized spacial score (nSPS) is 17.6. The number of aryl methyl sites for hydroxylation is 1. The largest absolute Gasteiger partial charge is 0.491 e. The lowest BCUT2D eigenvalue weighted by molar-refractivity contribution is 0.102. The second kappa shape index (κ2) is 8.84. The molecule has 3 heteroatoms. The number of para-hydroxylation sites is 1. The first-order valence-electron chi connectivity index (χ1n) is 9.06. The molecule has 2 unspecified atom stereocenters. The molecule has 2 atom stereocenters. The highest BCUT2D eigenvalue weighted by molar-refractivity contribution is 5.34. The smallest absolute Gasteiger partial charge is 0.122 e. The Morgan fingerprint density at radius 2 is 1.92 bits per heavy atom. The maximum atomic E-state index is 10.2. The first-order chi connectivity index (χ1) is 12.3. The lowest BCUT2D eigenvalue weighted by Gasteiger charge is -2.26. The number of benzene rings is 2. The minimum atomic E-state index is -0.519. The van der Waals surface area contributed by atoms with Crippen LogP contribution >= 0.6 is 0 Å². The fourth-order valence-electron chi connectivity index (χ4n) is 3.39. The van der Waals surface area contributed by atoms with E-state index in [1.165, 1.54) is 11.1 Å². The van der Waals surface area contributed by atoms with E-state index < -0.39 is 6.10 Å². The van der Waals surface area contributed by atoms with Crippen LogP contribution in [-0.2, 0) is 19.3 Å². The maximum Gasteiger partial charge on any atom is 0.122 e. The van der Waals surface area contributed by atoms with Gasteiger partial charge in [-0.15, -0.1) is 6.58 Å². The SMILES string of the molecule is C=CCc1ccccc1OCC(O)CNC1CCc2ccccc2C1. The van der Waals surface area contributed by atoms with Gasteiger partial charge in [0.05, 0.1) is 0 Å². The van der Waals surface area contributed by atoms with Crippen LogP contribution in [0.1, 0.15) is 23.1 Å². The fourth-order valence-corrected chi connectivity index (χ4v) is 3.39. The number of hydrogen-bond donors (Lipinski definition) is 2. The highest BCUT2D eigenvalue weighted by Crippen LogP contribution is 2.21. The van der Waals surface area contributed by atoms with E-state index in [0.29, 0.717) is 19.2 Å². The van der Waals surface area contributed by atoms with Crippen molar-refractivity contribution in [2.24, 2.45) is 0 Å². The lowest BCUT2D eigenvalue weighted by atomic mass is 9.88. The van der Waals surface area contributed by atoms with Gasteiger partial charge in [0.15, 0.2) is 0 Å². The van der Waals surface area contributed by atoms with Crippen molar-refractivity contribution in [2.45, 2.75) is 37.8 Å². The Labute approximate surface area is 150 Å². The third-order valence-electron chi connectivity index (χ3n) is 4.76. The topological polar surface area (TPSA) is 41.5 Å². The molecule has 0 radical (unpaired) electrons. The summed E-state index contributed by atoms with van der Waals surface area (Å²) in [4.78, 5) is 0. The van der Waals surface area contributed by atoms with Crippen LogP contribution in [0.25, 0.3) is 0 Å². The summed E-state index contributed by atoms with van der Waals surface area (Å²) in [6.45, 7) is 4.62. The molecule has 0 amide bonds. The molecule has 0 spiro atoms. The van der Waals surface area contributed by atoms with Gasteiger partial charge in [-0.25, -0.2) is 0 Å². The Balaban J connectivity index is 1.45. The zero-order valence-electron chi connectivity index (χ0n) is 14.7. The number of fused-ring (bicyclic) bond motifs is 1. The van der Waals surface area contributed by atoms with E-state index in [1.54, 1.807) is 0 Å². The first kappa shape index (κ1) is 17.7. The third kappa shape index (κ3) is 4.94. The summed E-state index contributed by atoms with van der Waals surface area (Å²) < 4.78 is 5.81. The highest BCUT2D eigenvalue weighted by Gasteiger charge is 2.18. The molecule has 2 aromatic carbocycles. The summed E-state index contributed by atoms with van der Waals surface area (Å²) in [5.74, 6) is 0.827. The zero-order chi connectivity index (χ0) is 17.5. The molecule has 2 aromatic rings. The molecular weight excluding hydrogens is 310 g/mol. The van der Waals surface area contributed by atoms with Crippen molar-refractivity contribution >= 4 is 0 Å². The van der Waals surface area contributed by atoms with Crippen LogP contribution in [0.4, 0.5) is 0 Å². The van der Waals surface area contributed by atoms with Gasteiger partial charge in [-0.2, -0.15) is 0 Å². The van der Waals surface area contributed by atoms with Crippen molar-refractivity contribution in [3.63, 3.8) is 0 Å². The van der Waals surface area contributed by atoms with Crippen molar-refractivity contribution in [1.82, 2.24) is 5.32 Å². The van der Waals surface area contributed by atoms with Crippen molar-refractivity contribution in [3.8, 4) is 5.75 Å². The Morgan fingerprint density at radius 1 is 1.16 bits per heavy atom. The number of allylic oxidation sites excluding steroid dienone is 1. The average molecular weight is 337 g/mol. The molecule has 2 N–H and O–H groups in total. The number of aliphatic hydroxyl groups is 1. The summed E-state index contributed by atoms with van der Waals surface area (Å²) in [5, 5.41) is 13.7. The summed E-state index contributed by atoms with van der Waals surface area (Å²) in [5.41, 5.74) is 3.99. The average Bonchev–Trinajstić information content (AvgIpc) is 2.66. The molecular formula is C22H27NO2. The van der Waals surface area contributed by atoms with Gasteiger partial charge in [0.25, 0.3) is 0 Å². The monoisotopic (exact) mass is 337 g/mol. The maximum absolute atomic E-state index is 10.2. The van der Waals surface area contributed by atoms with E-state index in [2.05, 4.69) is 36.2 Å². The minimum Gasteiger partial charge on any atom is -0.491 e. The van der Waals surface area contributed by atoms with E-state index in [4.69, 9.17) is 4.74 Å². The number of rotatable bonds is 8. The van der Waals surface area contributed by atoms with Crippen LogP contribution < -0.4 is 10.1 Å². The van der Waals surface area contributed by atoms with Crippen molar-refractivity contribution in [1.29, 1.82) is 0 Å². The Morgan fingerprint density at radius 3 is 2.76 bits per heavy atom.